The minimum Gasteiger partial charge on any atom is -0.507 e. The zero-order valence-corrected chi connectivity index (χ0v) is 35.1. The first-order valence-electron chi connectivity index (χ1n) is 21.8. The summed E-state index contributed by atoms with van der Waals surface area (Å²) in [6, 6.07) is 19.4. The topological polar surface area (TPSA) is 156 Å². The average Bonchev–Trinajstić information content (AvgIpc) is 3.69. The van der Waals surface area contributed by atoms with E-state index in [2.05, 4.69) is 56.4 Å². The summed E-state index contributed by atoms with van der Waals surface area (Å²) in [6.07, 6.45) is 8.86. The molecule has 5 aliphatic rings. The highest BCUT2D eigenvalue weighted by Crippen LogP contribution is 2.38. The molecule has 14 heteroatoms. The van der Waals surface area contributed by atoms with Crippen LogP contribution in [0.1, 0.15) is 89.5 Å². The van der Waals surface area contributed by atoms with E-state index in [4.69, 9.17) is 5.73 Å². The molecule has 7 N–H and O–H groups in total. The highest BCUT2D eigenvalue weighted by molar-refractivity contribution is 6.10. The van der Waals surface area contributed by atoms with Crippen LogP contribution in [0.2, 0.25) is 0 Å². The number of carbonyl (C=O) groups excluding carboxylic acids is 3. The van der Waals surface area contributed by atoms with Gasteiger partial charge in [-0.2, -0.15) is 0 Å². The van der Waals surface area contributed by atoms with E-state index in [0.29, 0.717) is 50.4 Å². The number of nitrogens with two attached hydrogens (primary N) is 2. The number of phenols is 1. The number of anilines is 1. The smallest absolute Gasteiger partial charge is 0.328 e. The van der Waals surface area contributed by atoms with Crippen molar-refractivity contribution >= 4 is 40.1 Å². The summed E-state index contributed by atoms with van der Waals surface area (Å²) in [5.41, 5.74) is 18.5. The summed E-state index contributed by atoms with van der Waals surface area (Å²) in [7, 11) is 0. The van der Waals surface area contributed by atoms with Crippen LogP contribution in [0.25, 0.3) is 16.6 Å². The monoisotopic (exact) mass is 830 g/mol. The van der Waals surface area contributed by atoms with Crippen molar-refractivity contribution in [3.63, 3.8) is 0 Å². The molecule has 0 radical (unpaired) electrons. The second-order valence-electron chi connectivity index (χ2n) is 17.7. The van der Waals surface area contributed by atoms with Gasteiger partial charge in [0.15, 0.2) is 11.5 Å². The molecule has 5 aliphatic heterocycles. The van der Waals surface area contributed by atoms with Crippen LogP contribution in [0.15, 0.2) is 84.5 Å². The van der Waals surface area contributed by atoms with Crippen LogP contribution in [0.4, 0.5) is 14.9 Å². The molecule has 0 unspecified atom stereocenters. The summed E-state index contributed by atoms with van der Waals surface area (Å²) >= 11 is 0. The van der Waals surface area contributed by atoms with Gasteiger partial charge in [0, 0.05) is 107 Å². The van der Waals surface area contributed by atoms with Crippen LogP contribution < -0.4 is 26.8 Å². The number of aromatic hydroxyl groups is 1. The van der Waals surface area contributed by atoms with E-state index in [1.165, 1.54) is 5.56 Å². The Morgan fingerprint density at radius 3 is 2.49 bits per heavy atom. The van der Waals surface area contributed by atoms with Crippen molar-refractivity contribution < 1.29 is 29.3 Å². The fourth-order valence-electron chi connectivity index (χ4n) is 10.3. The number of quaternary nitrogens is 1. The normalized spacial score (nSPS) is 21.7. The van der Waals surface area contributed by atoms with E-state index < -0.39 is 5.67 Å². The van der Waals surface area contributed by atoms with Gasteiger partial charge in [0.05, 0.1) is 22.5 Å². The van der Waals surface area contributed by atoms with Crippen molar-refractivity contribution in [2.45, 2.75) is 76.4 Å². The van der Waals surface area contributed by atoms with E-state index in [1.807, 2.05) is 59.7 Å². The summed E-state index contributed by atoms with van der Waals surface area (Å²) in [5, 5.41) is 13.9. The van der Waals surface area contributed by atoms with Crippen LogP contribution in [0, 0.1) is 13.8 Å². The van der Waals surface area contributed by atoms with Crippen molar-refractivity contribution in [2.24, 2.45) is 5.73 Å². The molecular formula is C47H57FN9O4+. The number of carbonyl (C=O) groups is 3. The molecular weight excluding hydrogens is 774 g/mol. The van der Waals surface area contributed by atoms with E-state index >= 15 is 4.39 Å². The Kier molecular flexibility index (Phi) is 11.0. The van der Waals surface area contributed by atoms with Crippen LogP contribution >= 0.6 is 0 Å². The Bertz CT molecular complexity index is 2430. The lowest BCUT2D eigenvalue weighted by atomic mass is 9.86. The first kappa shape index (κ1) is 40.5. The molecule has 0 bridgehead atoms. The largest absolute Gasteiger partial charge is 0.507 e. The van der Waals surface area contributed by atoms with Crippen molar-refractivity contribution in [2.75, 3.05) is 57.3 Å². The van der Waals surface area contributed by atoms with Crippen LogP contribution in [-0.4, -0.2) is 100 Å². The highest BCUT2D eigenvalue weighted by Gasteiger charge is 2.39. The number of phenolic OH excluding ortho intramolecular Hbond substituents is 1. The molecule has 0 aliphatic carbocycles. The Morgan fingerprint density at radius 1 is 0.951 bits per heavy atom. The summed E-state index contributed by atoms with van der Waals surface area (Å²) in [6.45, 7) is 8.81. The molecule has 4 fully saturated rings. The van der Waals surface area contributed by atoms with Gasteiger partial charge in [0.2, 0.25) is 5.91 Å². The van der Waals surface area contributed by atoms with Gasteiger partial charge in [-0.3, -0.25) is 19.8 Å². The molecule has 320 valence electrons. The molecule has 4 saturated heterocycles. The number of para-hydroxylation sites is 1. The summed E-state index contributed by atoms with van der Waals surface area (Å²) in [5.74, 6) is 0.778. The van der Waals surface area contributed by atoms with E-state index in [-0.39, 0.29) is 42.0 Å². The second kappa shape index (κ2) is 16.5. The predicted octanol–water partition coefficient (Wildman–Crippen LogP) is 5.12. The number of benzene rings is 3. The lowest BCUT2D eigenvalue weighted by Gasteiger charge is -2.41. The van der Waals surface area contributed by atoms with Crippen molar-refractivity contribution in [3.8, 4) is 5.75 Å². The number of allylic oxidation sites excluding steroid dienone is 1. The van der Waals surface area contributed by atoms with Gasteiger partial charge in [-0.1, -0.05) is 24.3 Å². The van der Waals surface area contributed by atoms with Gasteiger partial charge in [-0.25, -0.2) is 20.0 Å². The maximum absolute atomic E-state index is 16.5. The maximum atomic E-state index is 16.5. The van der Waals surface area contributed by atoms with Crippen molar-refractivity contribution in [1.82, 2.24) is 30.0 Å². The molecule has 6 heterocycles. The fraction of sp³-hybridized carbons (Fsp3) is 0.426. The van der Waals surface area contributed by atoms with Gasteiger partial charge in [-0.05, 0) is 92.6 Å². The number of alkyl halides is 1. The Balaban J connectivity index is 0.784. The first-order valence-corrected chi connectivity index (χ1v) is 21.8. The minimum atomic E-state index is -1.35. The van der Waals surface area contributed by atoms with Crippen LogP contribution in [0.5, 0.6) is 5.75 Å². The number of piperidine rings is 3. The summed E-state index contributed by atoms with van der Waals surface area (Å²) in [4.78, 5) is 46.4. The molecule has 61 heavy (non-hydrogen) atoms. The minimum absolute atomic E-state index is 0.0428. The fourth-order valence-corrected chi connectivity index (χ4v) is 10.3. The molecule has 3 aromatic carbocycles. The molecule has 0 spiro atoms. The standard InChI is InChI=1S/C47H56FN9O4/c1-30-9-12-39-37(43(30)57-23-16-42(59)50-46(57)61)15-22-56(39)34-13-20-53(21-14-34)29-47(48)17-24-54(25-18-47)45(60)32-10-11-35(31(2)26-32)33-6-5-19-55(28-33)40-27-38(51-52-44(40)49)36-7-3-4-8-41(36)58/h3-4,7-12,15,22,26-27,33-34,51-52,58H,5-6,13-14,16-21,23-25,28-29,49H2,1-2H3,(H,50,59,61)/p+1/t33-/m0/s1. The van der Waals surface area contributed by atoms with Crippen molar-refractivity contribution in [1.29, 1.82) is 0 Å². The number of imide groups is 1. The van der Waals surface area contributed by atoms with E-state index in [0.717, 1.165) is 96.5 Å². The lowest BCUT2D eigenvalue weighted by molar-refractivity contribution is -0.619. The Hall–Kier alpha value is -5.86. The van der Waals surface area contributed by atoms with E-state index in [9.17, 15) is 19.5 Å². The number of hydrogen-bond acceptors (Lipinski definition) is 8. The second-order valence-corrected chi connectivity index (χ2v) is 17.7. The number of amides is 4. The number of aryl methyl sites for hydroxylation is 2. The number of aromatic nitrogens is 1. The molecule has 13 nitrogen and oxygen atoms in total. The van der Waals surface area contributed by atoms with Gasteiger partial charge >= 0.3 is 6.03 Å². The van der Waals surface area contributed by atoms with Crippen molar-refractivity contribution in [3.05, 3.63) is 112 Å². The number of fused-ring (bicyclic) bond motifs is 1. The third kappa shape index (κ3) is 8.06. The molecule has 1 atom stereocenters. The van der Waals surface area contributed by atoms with Crippen LogP contribution in [0.3, 0.4) is 0 Å². The molecule has 9 rings (SSSR count). The Morgan fingerprint density at radius 2 is 1.74 bits per heavy atom. The van der Waals surface area contributed by atoms with Gasteiger partial charge in [0.25, 0.3) is 5.91 Å². The number of rotatable bonds is 8. The third-order valence-corrected chi connectivity index (χ3v) is 13.7. The van der Waals surface area contributed by atoms with E-state index in [1.54, 1.807) is 11.0 Å². The Labute approximate surface area is 356 Å². The predicted molar refractivity (Wildman–Crippen MR) is 233 cm³/mol. The zero-order chi connectivity index (χ0) is 42.4. The maximum Gasteiger partial charge on any atom is 0.328 e. The van der Waals surface area contributed by atoms with Crippen LogP contribution in [-0.2, 0) is 4.79 Å². The lowest BCUT2D eigenvalue weighted by Crippen LogP contribution is -2.91. The highest BCUT2D eigenvalue weighted by atomic mass is 19.1. The molecule has 1 aromatic heterocycles. The number of hydrogen-bond donors (Lipinski definition) is 5. The van der Waals surface area contributed by atoms with Gasteiger partial charge < -0.3 is 30.1 Å². The SMILES string of the molecule is Cc1cc(C(=O)N2CCC(F)(CN3CCC(n4ccc5c(N6CCC(=O)NC6=O)c(C)ccc54)CC3)CC2)ccc1[C@H]1CCCN(C2=C(N)N[NH2+]C(c3ccccc3O)=C2)C1. The molecule has 4 aromatic rings. The van der Waals surface area contributed by atoms with Gasteiger partial charge in [-0.15, -0.1) is 0 Å². The molecule has 4 amide bonds. The quantitative estimate of drug-likeness (QED) is 0.153. The molecule has 0 saturated carbocycles. The summed E-state index contributed by atoms with van der Waals surface area (Å²) < 4.78 is 18.7. The first-order chi connectivity index (χ1) is 29.4. The van der Waals surface area contributed by atoms with Gasteiger partial charge in [0.1, 0.15) is 11.4 Å². The number of likely N-dealkylation sites (tertiary alicyclic amines) is 3. The average molecular weight is 831 g/mol. The zero-order valence-electron chi connectivity index (χ0n) is 35.1. The number of nitrogens with zero attached hydrogens (tertiary/aromatic N) is 5. The number of halogens is 1. The number of urea groups is 1. The third-order valence-electron chi connectivity index (χ3n) is 13.7. The number of nitrogens with one attached hydrogen (secondary N) is 2.